The van der Waals surface area contributed by atoms with E-state index in [0.717, 1.165) is 12.8 Å². The van der Waals surface area contributed by atoms with Gasteiger partial charge in [0.2, 0.25) is 0 Å². The molecule has 0 aliphatic rings. The quantitative estimate of drug-likeness (QED) is 0.657. The Labute approximate surface area is 162 Å². The molecule has 2 aromatic rings. The van der Waals surface area contributed by atoms with Gasteiger partial charge in [0.05, 0.1) is 5.56 Å². The summed E-state index contributed by atoms with van der Waals surface area (Å²) in [6, 6.07) is 14.9. The van der Waals surface area contributed by atoms with Crippen molar-refractivity contribution in [2.75, 3.05) is 0 Å². The summed E-state index contributed by atoms with van der Waals surface area (Å²) in [4.78, 5) is 24.3. The van der Waals surface area contributed by atoms with Crippen molar-refractivity contribution in [1.29, 1.82) is 0 Å². The molecule has 1 N–H and O–H groups in total. The molecule has 0 heterocycles. The van der Waals surface area contributed by atoms with Gasteiger partial charge < -0.3 is 14.8 Å². The number of hydrogen-bond acceptors (Lipinski definition) is 4. The van der Waals surface area contributed by atoms with Crippen molar-refractivity contribution in [2.45, 2.75) is 45.4 Å². The Morgan fingerprint density at radius 3 is 2.25 bits per heavy atom. The maximum Gasteiger partial charge on any atom is 0.387 e. The van der Waals surface area contributed by atoms with Crippen LogP contribution in [0.2, 0.25) is 0 Å². The first kappa shape index (κ1) is 21.3. The summed E-state index contributed by atoms with van der Waals surface area (Å²) in [6.07, 6.45) is 0.592. The molecule has 28 heavy (non-hydrogen) atoms. The predicted molar refractivity (Wildman–Crippen MR) is 100 cm³/mol. The molecule has 0 aliphatic carbocycles. The molecular weight excluding hydrogens is 368 g/mol. The molecule has 0 saturated carbocycles. The highest BCUT2D eigenvalue weighted by Gasteiger charge is 2.20. The van der Waals surface area contributed by atoms with E-state index >= 15 is 0 Å². The molecule has 2 atom stereocenters. The van der Waals surface area contributed by atoms with Crippen molar-refractivity contribution >= 4 is 11.9 Å². The summed E-state index contributed by atoms with van der Waals surface area (Å²) < 4.78 is 33.6. The highest BCUT2D eigenvalue weighted by Crippen LogP contribution is 2.16. The molecule has 0 saturated heterocycles. The van der Waals surface area contributed by atoms with Gasteiger partial charge in [-0.3, -0.25) is 4.79 Å². The lowest BCUT2D eigenvalue weighted by molar-refractivity contribution is -0.129. The predicted octanol–water partition coefficient (Wildman–Crippen LogP) is 3.97. The lowest BCUT2D eigenvalue weighted by atomic mass is 10.1. The summed E-state index contributed by atoms with van der Waals surface area (Å²) in [6.45, 7) is 0.424. The van der Waals surface area contributed by atoms with Crippen LogP contribution in [0, 0.1) is 0 Å². The highest BCUT2D eigenvalue weighted by atomic mass is 19.3. The van der Waals surface area contributed by atoms with Gasteiger partial charge >= 0.3 is 12.6 Å². The molecule has 0 radical (unpaired) electrons. The van der Waals surface area contributed by atoms with Gasteiger partial charge in [0.25, 0.3) is 5.91 Å². The van der Waals surface area contributed by atoms with Crippen molar-refractivity contribution in [3.05, 3.63) is 65.7 Å². The number of amides is 1. The fourth-order valence-corrected chi connectivity index (χ4v) is 2.51. The zero-order valence-corrected chi connectivity index (χ0v) is 15.7. The fraction of sp³-hybridized carbons (Fsp3) is 0.333. The minimum atomic E-state index is -2.94. The summed E-state index contributed by atoms with van der Waals surface area (Å²) in [5.74, 6) is -1.18. The first-order chi connectivity index (χ1) is 13.3. The van der Waals surface area contributed by atoms with Crippen molar-refractivity contribution in [2.24, 2.45) is 0 Å². The topological polar surface area (TPSA) is 64.6 Å². The number of alkyl halides is 2. The lowest BCUT2D eigenvalue weighted by Crippen LogP contribution is -2.41. The molecule has 5 nitrogen and oxygen atoms in total. The van der Waals surface area contributed by atoms with Gasteiger partial charge in [-0.15, -0.1) is 0 Å². The second-order valence-electron chi connectivity index (χ2n) is 6.38. The van der Waals surface area contributed by atoms with Crippen LogP contribution in [0.15, 0.2) is 54.6 Å². The first-order valence-electron chi connectivity index (χ1n) is 8.95. The third-order valence-electron chi connectivity index (χ3n) is 4.07. The van der Waals surface area contributed by atoms with Crippen LogP contribution in [0.3, 0.4) is 0 Å². The molecule has 7 heteroatoms. The van der Waals surface area contributed by atoms with Gasteiger partial charge in [0, 0.05) is 6.04 Å². The van der Waals surface area contributed by atoms with E-state index in [4.69, 9.17) is 4.74 Å². The minimum Gasteiger partial charge on any atom is -0.449 e. The molecule has 2 rings (SSSR count). The van der Waals surface area contributed by atoms with E-state index in [2.05, 4.69) is 10.1 Å². The van der Waals surface area contributed by atoms with Crippen molar-refractivity contribution < 1.29 is 27.8 Å². The average molecular weight is 391 g/mol. The number of rotatable bonds is 9. The van der Waals surface area contributed by atoms with E-state index in [1.807, 2.05) is 37.3 Å². The van der Waals surface area contributed by atoms with Crippen LogP contribution in [0.5, 0.6) is 5.75 Å². The van der Waals surface area contributed by atoms with E-state index < -0.39 is 24.6 Å². The molecule has 150 valence electrons. The number of ether oxygens (including phenoxy) is 2. The Kier molecular flexibility index (Phi) is 7.92. The monoisotopic (exact) mass is 391 g/mol. The van der Waals surface area contributed by atoms with Crippen molar-refractivity contribution in [3.63, 3.8) is 0 Å². The van der Waals surface area contributed by atoms with E-state index in [9.17, 15) is 18.4 Å². The van der Waals surface area contributed by atoms with E-state index in [-0.39, 0.29) is 17.4 Å². The van der Waals surface area contributed by atoms with Gasteiger partial charge in [0.15, 0.2) is 6.10 Å². The number of carbonyl (C=O) groups is 2. The number of hydrogen-bond donors (Lipinski definition) is 1. The van der Waals surface area contributed by atoms with E-state index in [0.29, 0.717) is 0 Å². The standard InChI is InChI=1S/C21H23F2NO4/c1-14(8-9-16-6-4-3-5-7-16)24-19(25)15(2)27-20(26)17-10-12-18(13-11-17)28-21(22)23/h3-7,10-15,21H,8-9H2,1-2H3,(H,24,25)/t14-,15+/m0/s1. The number of carbonyl (C=O) groups excluding carboxylic acids is 2. The van der Waals surface area contributed by atoms with Gasteiger partial charge in [-0.25, -0.2) is 4.79 Å². The molecular formula is C21H23F2NO4. The van der Waals surface area contributed by atoms with Gasteiger partial charge in [-0.1, -0.05) is 30.3 Å². The third-order valence-corrected chi connectivity index (χ3v) is 4.07. The Balaban J connectivity index is 1.79. The molecule has 0 aromatic heterocycles. The average Bonchev–Trinajstić information content (AvgIpc) is 2.67. The van der Waals surface area contributed by atoms with Crippen LogP contribution in [0.4, 0.5) is 8.78 Å². The fourth-order valence-electron chi connectivity index (χ4n) is 2.51. The van der Waals surface area contributed by atoms with Crippen molar-refractivity contribution in [1.82, 2.24) is 5.32 Å². The Morgan fingerprint density at radius 2 is 1.64 bits per heavy atom. The maximum absolute atomic E-state index is 12.2. The van der Waals surface area contributed by atoms with Crippen LogP contribution < -0.4 is 10.1 Å². The minimum absolute atomic E-state index is 0.0652. The van der Waals surface area contributed by atoms with Gasteiger partial charge in [-0.05, 0) is 56.5 Å². The zero-order valence-electron chi connectivity index (χ0n) is 15.7. The molecule has 0 fully saturated rings. The molecule has 0 bridgehead atoms. The number of esters is 1. The molecule has 1 amide bonds. The first-order valence-corrected chi connectivity index (χ1v) is 8.95. The Bertz CT molecular complexity index is 766. The van der Waals surface area contributed by atoms with E-state index in [1.54, 1.807) is 0 Å². The largest absolute Gasteiger partial charge is 0.449 e. The molecule has 0 aliphatic heterocycles. The summed E-state index contributed by atoms with van der Waals surface area (Å²) in [5.41, 5.74) is 1.32. The third kappa shape index (κ3) is 6.98. The number of aryl methyl sites for hydroxylation is 1. The number of halogens is 2. The second kappa shape index (κ2) is 10.4. The Hall–Kier alpha value is -2.96. The van der Waals surface area contributed by atoms with Crippen LogP contribution in [-0.4, -0.2) is 30.6 Å². The second-order valence-corrected chi connectivity index (χ2v) is 6.38. The highest BCUT2D eigenvalue weighted by molar-refractivity contribution is 5.92. The zero-order chi connectivity index (χ0) is 20.5. The van der Waals surface area contributed by atoms with Crippen LogP contribution in [0.25, 0.3) is 0 Å². The van der Waals surface area contributed by atoms with Gasteiger partial charge in [-0.2, -0.15) is 8.78 Å². The lowest BCUT2D eigenvalue weighted by Gasteiger charge is -2.18. The number of benzene rings is 2. The Morgan fingerprint density at radius 1 is 1.00 bits per heavy atom. The normalized spacial score (nSPS) is 12.9. The molecule has 0 unspecified atom stereocenters. The summed E-state index contributed by atoms with van der Waals surface area (Å²) in [5, 5.41) is 2.82. The van der Waals surface area contributed by atoms with Gasteiger partial charge in [0.1, 0.15) is 5.75 Å². The summed E-state index contributed by atoms with van der Waals surface area (Å²) in [7, 11) is 0. The van der Waals surface area contributed by atoms with Crippen LogP contribution >= 0.6 is 0 Å². The van der Waals surface area contributed by atoms with E-state index in [1.165, 1.54) is 36.8 Å². The SMILES string of the molecule is C[C@@H](CCc1ccccc1)NC(=O)[C@@H](C)OC(=O)c1ccc(OC(F)F)cc1. The summed E-state index contributed by atoms with van der Waals surface area (Å²) >= 11 is 0. The number of nitrogens with one attached hydrogen (secondary N) is 1. The molecule has 2 aromatic carbocycles. The van der Waals surface area contributed by atoms with Crippen LogP contribution in [0.1, 0.15) is 36.2 Å². The van der Waals surface area contributed by atoms with Crippen LogP contribution in [-0.2, 0) is 16.0 Å². The van der Waals surface area contributed by atoms with Crippen molar-refractivity contribution in [3.8, 4) is 5.75 Å². The maximum atomic E-state index is 12.2. The smallest absolute Gasteiger partial charge is 0.387 e. The molecule has 0 spiro atoms.